The van der Waals surface area contributed by atoms with Crippen molar-refractivity contribution in [3.63, 3.8) is 0 Å². The molecule has 98 valence electrons. The highest BCUT2D eigenvalue weighted by Gasteiger charge is 2.07. The number of rotatable bonds is 5. The Labute approximate surface area is 109 Å². The van der Waals surface area contributed by atoms with E-state index in [1.807, 2.05) is 18.2 Å². The van der Waals surface area contributed by atoms with Crippen LogP contribution in [-0.2, 0) is 4.79 Å². The van der Waals surface area contributed by atoms with Crippen LogP contribution in [0.2, 0.25) is 0 Å². The highest BCUT2D eigenvalue weighted by molar-refractivity contribution is 5.72. The van der Waals surface area contributed by atoms with Gasteiger partial charge in [-0.1, -0.05) is 6.07 Å². The fourth-order valence-electron chi connectivity index (χ4n) is 1.45. The Balaban J connectivity index is 2.33. The number of nitrogens with zero attached hydrogens (tertiary/aromatic N) is 3. The first-order chi connectivity index (χ1) is 9.19. The SMILES string of the molecule is CNc1cc(-c2ccccn2)nc(NCC(=O)O)n1. The molecule has 0 radical (unpaired) electrons. The summed E-state index contributed by atoms with van der Waals surface area (Å²) in [5.74, 6) is -0.142. The van der Waals surface area contributed by atoms with E-state index in [0.717, 1.165) is 0 Å². The summed E-state index contributed by atoms with van der Waals surface area (Å²) in [4.78, 5) is 23.1. The Morgan fingerprint density at radius 1 is 1.32 bits per heavy atom. The summed E-state index contributed by atoms with van der Waals surface area (Å²) < 4.78 is 0. The minimum atomic E-state index is -0.974. The van der Waals surface area contributed by atoms with Crippen molar-refractivity contribution < 1.29 is 9.90 Å². The Morgan fingerprint density at radius 2 is 2.16 bits per heavy atom. The maximum atomic E-state index is 10.5. The summed E-state index contributed by atoms with van der Waals surface area (Å²) in [7, 11) is 1.73. The van der Waals surface area contributed by atoms with Crippen molar-refractivity contribution in [3.05, 3.63) is 30.5 Å². The Bertz CT molecular complexity index is 574. The van der Waals surface area contributed by atoms with Crippen LogP contribution < -0.4 is 10.6 Å². The van der Waals surface area contributed by atoms with Crippen LogP contribution in [0.3, 0.4) is 0 Å². The first-order valence-electron chi connectivity index (χ1n) is 5.63. The van der Waals surface area contributed by atoms with E-state index >= 15 is 0 Å². The lowest BCUT2D eigenvalue weighted by Gasteiger charge is -2.07. The van der Waals surface area contributed by atoms with E-state index in [1.54, 1.807) is 19.3 Å². The Hall–Kier alpha value is -2.70. The number of pyridine rings is 1. The van der Waals surface area contributed by atoms with Crippen molar-refractivity contribution >= 4 is 17.7 Å². The zero-order chi connectivity index (χ0) is 13.7. The highest BCUT2D eigenvalue weighted by atomic mass is 16.4. The number of carboxylic acid groups (broad SMARTS) is 1. The van der Waals surface area contributed by atoms with Crippen LogP contribution in [0.5, 0.6) is 0 Å². The quantitative estimate of drug-likeness (QED) is 0.738. The Kier molecular flexibility index (Phi) is 3.87. The molecular weight excluding hydrogens is 246 g/mol. The van der Waals surface area contributed by atoms with Gasteiger partial charge in [-0.15, -0.1) is 0 Å². The molecule has 7 nitrogen and oxygen atoms in total. The van der Waals surface area contributed by atoms with Gasteiger partial charge in [0.25, 0.3) is 0 Å². The van der Waals surface area contributed by atoms with E-state index in [-0.39, 0.29) is 12.5 Å². The number of aromatic nitrogens is 3. The molecule has 2 aromatic heterocycles. The van der Waals surface area contributed by atoms with Gasteiger partial charge in [0.2, 0.25) is 5.95 Å². The summed E-state index contributed by atoms with van der Waals surface area (Å²) in [6.07, 6.45) is 1.67. The monoisotopic (exact) mass is 259 g/mol. The molecule has 0 aliphatic carbocycles. The first kappa shape index (κ1) is 12.7. The third-order valence-electron chi connectivity index (χ3n) is 2.31. The third kappa shape index (κ3) is 3.38. The molecule has 0 unspecified atom stereocenters. The van der Waals surface area contributed by atoms with Gasteiger partial charge in [-0.25, -0.2) is 4.98 Å². The molecule has 0 bridgehead atoms. The molecule has 19 heavy (non-hydrogen) atoms. The van der Waals surface area contributed by atoms with Crippen molar-refractivity contribution in [2.45, 2.75) is 0 Å². The number of carbonyl (C=O) groups is 1. The van der Waals surface area contributed by atoms with Crippen molar-refractivity contribution in [2.24, 2.45) is 0 Å². The molecular formula is C12H13N5O2. The van der Waals surface area contributed by atoms with Crippen molar-refractivity contribution in [3.8, 4) is 11.4 Å². The van der Waals surface area contributed by atoms with Crippen LogP contribution in [0.4, 0.5) is 11.8 Å². The van der Waals surface area contributed by atoms with Gasteiger partial charge < -0.3 is 15.7 Å². The van der Waals surface area contributed by atoms with E-state index in [0.29, 0.717) is 17.2 Å². The average molecular weight is 259 g/mol. The maximum Gasteiger partial charge on any atom is 0.322 e. The average Bonchev–Trinajstić information content (AvgIpc) is 2.45. The van der Waals surface area contributed by atoms with Crippen LogP contribution in [0, 0.1) is 0 Å². The van der Waals surface area contributed by atoms with Gasteiger partial charge in [-0.2, -0.15) is 4.98 Å². The lowest BCUT2D eigenvalue weighted by molar-refractivity contribution is -0.134. The molecule has 2 rings (SSSR count). The number of aliphatic carboxylic acids is 1. The van der Waals surface area contributed by atoms with Crippen molar-refractivity contribution in [1.29, 1.82) is 0 Å². The molecule has 2 aromatic rings. The maximum absolute atomic E-state index is 10.5. The van der Waals surface area contributed by atoms with Crippen molar-refractivity contribution in [2.75, 3.05) is 24.2 Å². The number of carboxylic acids is 1. The van der Waals surface area contributed by atoms with Gasteiger partial charge in [0, 0.05) is 19.3 Å². The number of anilines is 2. The van der Waals surface area contributed by atoms with Gasteiger partial charge in [-0.3, -0.25) is 9.78 Å². The van der Waals surface area contributed by atoms with E-state index < -0.39 is 5.97 Å². The van der Waals surface area contributed by atoms with Crippen LogP contribution in [0.15, 0.2) is 30.5 Å². The van der Waals surface area contributed by atoms with Gasteiger partial charge in [0.15, 0.2) is 0 Å². The first-order valence-corrected chi connectivity index (χ1v) is 5.63. The number of hydrogen-bond donors (Lipinski definition) is 3. The molecule has 0 atom stereocenters. The predicted octanol–water partition coefficient (Wildman–Crippen LogP) is 1.08. The van der Waals surface area contributed by atoms with Gasteiger partial charge >= 0.3 is 5.97 Å². The molecule has 2 heterocycles. The molecule has 0 aromatic carbocycles. The van der Waals surface area contributed by atoms with E-state index in [1.165, 1.54) is 0 Å². The number of hydrogen-bond acceptors (Lipinski definition) is 6. The van der Waals surface area contributed by atoms with Gasteiger partial charge in [0.05, 0.1) is 11.4 Å². The molecule has 0 fully saturated rings. The second kappa shape index (κ2) is 5.76. The second-order valence-corrected chi connectivity index (χ2v) is 3.67. The van der Waals surface area contributed by atoms with E-state index in [9.17, 15) is 4.79 Å². The second-order valence-electron chi connectivity index (χ2n) is 3.67. The van der Waals surface area contributed by atoms with Crippen LogP contribution in [0.1, 0.15) is 0 Å². The molecule has 0 amide bonds. The van der Waals surface area contributed by atoms with Crippen LogP contribution in [-0.4, -0.2) is 39.6 Å². The molecule has 0 saturated heterocycles. The topological polar surface area (TPSA) is 100 Å². The fourth-order valence-corrected chi connectivity index (χ4v) is 1.45. The lowest BCUT2D eigenvalue weighted by Crippen LogP contribution is -2.15. The van der Waals surface area contributed by atoms with Crippen molar-refractivity contribution in [1.82, 2.24) is 15.0 Å². The third-order valence-corrected chi connectivity index (χ3v) is 2.31. The Morgan fingerprint density at radius 3 is 2.79 bits per heavy atom. The number of nitrogens with one attached hydrogen (secondary N) is 2. The predicted molar refractivity (Wildman–Crippen MR) is 70.9 cm³/mol. The zero-order valence-electron chi connectivity index (χ0n) is 10.3. The van der Waals surface area contributed by atoms with E-state index in [2.05, 4.69) is 25.6 Å². The van der Waals surface area contributed by atoms with Crippen LogP contribution in [0.25, 0.3) is 11.4 Å². The smallest absolute Gasteiger partial charge is 0.322 e. The molecule has 0 saturated carbocycles. The summed E-state index contributed by atoms with van der Waals surface area (Å²) in [6.45, 7) is -0.241. The van der Waals surface area contributed by atoms with Crippen LogP contribution >= 0.6 is 0 Å². The molecule has 0 aliphatic rings. The summed E-state index contributed by atoms with van der Waals surface area (Å²) in [5, 5.41) is 14.2. The minimum Gasteiger partial charge on any atom is -0.480 e. The summed E-state index contributed by atoms with van der Waals surface area (Å²) >= 11 is 0. The summed E-state index contributed by atoms with van der Waals surface area (Å²) in [5.41, 5.74) is 1.31. The zero-order valence-corrected chi connectivity index (χ0v) is 10.3. The molecule has 0 spiro atoms. The summed E-state index contributed by atoms with van der Waals surface area (Å²) in [6, 6.07) is 7.23. The van der Waals surface area contributed by atoms with Gasteiger partial charge in [-0.05, 0) is 12.1 Å². The highest BCUT2D eigenvalue weighted by Crippen LogP contribution is 2.18. The largest absolute Gasteiger partial charge is 0.480 e. The lowest BCUT2D eigenvalue weighted by atomic mass is 10.2. The molecule has 7 heteroatoms. The molecule has 0 aliphatic heterocycles. The fraction of sp³-hybridized carbons (Fsp3) is 0.167. The standard InChI is InChI=1S/C12H13N5O2/c1-13-10-6-9(8-4-2-3-5-14-8)16-12(17-10)15-7-11(18)19/h2-6H,7H2,1H3,(H,18,19)(H2,13,15,16,17). The van der Waals surface area contributed by atoms with E-state index in [4.69, 9.17) is 5.11 Å². The molecule has 3 N–H and O–H groups in total. The minimum absolute atomic E-state index is 0.241. The van der Waals surface area contributed by atoms with Gasteiger partial charge in [0.1, 0.15) is 12.4 Å². The normalized spacial score (nSPS) is 9.95.